The van der Waals surface area contributed by atoms with E-state index in [9.17, 15) is 13.2 Å². The van der Waals surface area contributed by atoms with E-state index in [4.69, 9.17) is 0 Å². The molecule has 0 aliphatic carbocycles. The van der Waals surface area contributed by atoms with Crippen LogP contribution in [0.25, 0.3) is 22.3 Å². The summed E-state index contributed by atoms with van der Waals surface area (Å²) in [5.74, 6) is -2.58. The molecule has 0 nitrogen and oxygen atoms in total. The van der Waals surface area contributed by atoms with E-state index in [-0.39, 0.29) is 16.7 Å². The molecule has 0 saturated carbocycles. The summed E-state index contributed by atoms with van der Waals surface area (Å²) >= 11 is 0. The molecule has 0 N–H and O–H groups in total. The van der Waals surface area contributed by atoms with E-state index in [1.54, 1.807) is 18.2 Å². The average Bonchev–Trinajstić information content (AvgIpc) is 2.58. The van der Waals surface area contributed by atoms with Crippen molar-refractivity contribution in [3.63, 3.8) is 0 Å². The van der Waals surface area contributed by atoms with Crippen LogP contribution in [0, 0.1) is 17.5 Å². The largest absolute Gasteiger partial charge is 0.206 e. The Morgan fingerprint density at radius 1 is 0.652 bits per heavy atom. The zero-order valence-electron chi connectivity index (χ0n) is 12.6. The van der Waals surface area contributed by atoms with Crippen molar-refractivity contribution >= 4 is 0 Å². The summed E-state index contributed by atoms with van der Waals surface area (Å²) in [4.78, 5) is 0. The van der Waals surface area contributed by atoms with E-state index in [1.165, 1.54) is 30.3 Å². The monoisotopic (exact) mass is 312 g/mol. The quantitative estimate of drug-likeness (QED) is 0.556. The lowest BCUT2D eigenvalue weighted by Crippen LogP contribution is -1.95. The number of rotatable bonds is 3. The molecule has 0 unspecified atom stereocenters. The first-order chi connectivity index (χ1) is 11.1. The Bertz CT molecular complexity index is 836. The number of aryl methyl sites for hydroxylation is 1. The van der Waals surface area contributed by atoms with E-state index < -0.39 is 17.5 Å². The van der Waals surface area contributed by atoms with E-state index >= 15 is 0 Å². The van der Waals surface area contributed by atoms with Crippen LogP contribution in [-0.4, -0.2) is 0 Å². The van der Waals surface area contributed by atoms with Crippen molar-refractivity contribution in [3.8, 4) is 22.3 Å². The van der Waals surface area contributed by atoms with Crippen molar-refractivity contribution in [2.45, 2.75) is 13.3 Å². The first kappa shape index (κ1) is 15.3. The van der Waals surface area contributed by atoms with E-state index in [0.717, 1.165) is 12.0 Å². The third-order valence-corrected chi connectivity index (χ3v) is 3.92. The highest BCUT2D eigenvalue weighted by molar-refractivity contribution is 5.72. The van der Waals surface area contributed by atoms with Crippen LogP contribution >= 0.6 is 0 Å². The van der Waals surface area contributed by atoms with E-state index in [2.05, 4.69) is 0 Å². The maximum Gasteiger partial charge on any atom is 0.167 e. The zero-order valence-corrected chi connectivity index (χ0v) is 12.6. The Morgan fingerprint density at radius 3 is 1.91 bits per heavy atom. The number of hydrogen-bond acceptors (Lipinski definition) is 0. The highest BCUT2D eigenvalue weighted by Crippen LogP contribution is 2.32. The van der Waals surface area contributed by atoms with Crippen LogP contribution < -0.4 is 0 Å². The van der Waals surface area contributed by atoms with Gasteiger partial charge in [-0.15, -0.1) is 0 Å². The van der Waals surface area contributed by atoms with Crippen molar-refractivity contribution < 1.29 is 13.2 Å². The minimum atomic E-state index is -1.04. The van der Waals surface area contributed by atoms with Crippen molar-refractivity contribution in [1.82, 2.24) is 0 Å². The van der Waals surface area contributed by atoms with E-state index in [1.807, 2.05) is 19.1 Å². The van der Waals surface area contributed by atoms with Gasteiger partial charge in [-0.05, 0) is 23.6 Å². The lowest BCUT2D eigenvalue weighted by atomic mass is 9.97. The van der Waals surface area contributed by atoms with Gasteiger partial charge in [-0.3, -0.25) is 0 Å². The maximum absolute atomic E-state index is 14.5. The smallest absolute Gasteiger partial charge is 0.167 e. The molecular weight excluding hydrogens is 297 g/mol. The second kappa shape index (κ2) is 6.29. The van der Waals surface area contributed by atoms with Crippen LogP contribution in [-0.2, 0) is 6.42 Å². The summed E-state index contributed by atoms with van der Waals surface area (Å²) in [7, 11) is 0. The van der Waals surface area contributed by atoms with Gasteiger partial charge in [-0.1, -0.05) is 61.5 Å². The van der Waals surface area contributed by atoms with Crippen molar-refractivity contribution in [1.29, 1.82) is 0 Å². The molecule has 3 rings (SSSR count). The topological polar surface area (TPSA) is 0 Å². The maximum atomic E-state index is 14.5. The summed E-state index contributed by atoms with van der Waals surface area (Å²) < 4.78 is 42.7. The van der Waals surface area contributed by atoms with Crippen LogP contribution in [0.15, 0.2) is 60.7 Å². The molecule has 0 aliphatic heterocycles. The van der Waals surface area contributed by atoms with Gasteiger partial charge in [0.25, 0.3) is 0 Å². The van der Waals surface area contributed by atoms with Gasteiger partial charge >= 0.3 is 0 Å². The van der Waals surface area contributed by atoms with Gasteiger partial charge in [0.2, 0.25) is 0 Å². The molecule has 0 bridgehead atoms. The molecule has 23 heavy (non-hydrogen) atoms. The number of hydrogen-bond donors (Lipinski definition) is 0. The molecule has 3 aromatic carbocycles. The van der Waals surface area contributed by atoms with Gasteiger partial charge in [0.15, 0.2) is 11.6 Å². The molecular formula is C20H15F3. The molecule has 0 aromatic heterocycles. The molecule has 3 aromatic rings. The van der Waals surface area contributed by atoms with Crippen LogP contribution in [0.2, 0.25) is 0 Å². The van der Waals surface area contributed by atoms with Crippen LogP contribution in [0.5, 0.6) is 0 Å². The third-order valence-electron chi connectivity index (χ3n) is 3.92. The molecule has 0 aliphatic rings. The standard InChI is InChI=1S/C20H15F3/c1-2-13-7-9-14(10-8-13)15-11-12-17(20(23)19(15)22)16-5-3-4-6-18(16)21/h3-12H,2H2,1H3. The molecule has 116 valence electrons. The second-order valence-electron chi connectivity index (χ2n) is 5.32. The van der Waals surface area contributed by atoms with Gasteiger partial charge in [-0.25, -0.2) is 13.2 Å². The Hall–Kier alpha value is -2.55. The highest BCUT2D eigenvalue weighted by Gasteiger charge is 2.17. The average molecular weight is 312 g/mol. The number of benzene rings is 3. The van der Waals surface area contributed by atoms with Crippen LogP contribution in [0.1, 0.15) is 12.5 Å². The molecule has 0 fully saturated rings. The normalized spacial score (nSPS) is 10.8. The molecule has 0 radical (unpaired) electrons. The lowest BCUT2D eigenvalue weighted by Gasteiger charge is -2.10. The number of halogens is 3. The first-order valence-corrected chi connectivity index (χ1v) is 7.44. The molecule has 3 heteroatoms. The fraction of sp³-hybridized carbons (Fsp3) is 0.100. The van der Waals surface area contributed by atoms with Crippen molar-refractivity contribution in [2.24, 2.45) is 0 Å². The predicted octanol–water partition coefficient (Wildman–Crippen LogP) is 6.00. The fourth-order valence-electron chi connectivity index (χ4n) is 2.58. The Morgan fingerprint density at radius 2 is 1.26 bits per heavy atom. The van der Waals surface area contributed by atoms with Crippen molar-refractivity contribution in [3.05, 3.63) is 83.7 Å². The van der Waals surface area contributed by atoms with Gasteiger partial charge in [0, 0.05) is 16.7 Å². The van der Waals surface area contributed by atoms with Gasteiger partial charge < -0.3 is 0 Å². The Kier molecular flexibility index (Phi) is 4.20. The lowest BCUT2D eigenvalue weighted by molar-refractivity contribution is 0.513. The Labute approximate surface area is 133 Å². The molecule has 0 saturated heterocycles. The first-order valence-electron chi connectivity index (χ1n) is 7.44. The summed E-state index contributed by atoms with van der Waals surface area (Å²) in [6, 6.07) is 16.0. The summed E-state index contributed by atoms with van der Waals surface area (Å²) in [6.07, 6.45) is 0.878. The summed E-state index contributed by atoms with van der Waals surface area (Å²) in [6.45, 7) is 2.03. The highest BCUT2D eigenvalue weighted by atomic mass is 19.2. The minimum Gasteiger partial charge on any atom is -0.206 e. The van der Waals surface area contributed by atoms with Gasteiger partial charge in [0.05, 0.1) is 0 Å². The van der Waals surface area contributed by atoms with Gasteiger partial charge in [-0.2, -0.15) is 0 Å². The summed E-state index contributed by atoms with van der Waals surface area (Å²) in [5.41, 5.74) is 1.87. The third kappa shape index (κ3) is 2.87. The molecule has 0 amide bonds. The van der Waals surface area contributed by atoms with Crippen LogP contribution in [0.3, 0.4) is 0 Å². The molecule has 0 heterocycles. The second-order valence-corrected chi connectivity index (χ2v) is 5.32. The molecule has 0 spiro atoms. The van der Waals surface area contributed by atoms with Crippen LogP contribution in [0.4, 0.5) is 13.2 Å². The molecule has 0 atom stereocenters. The minimum absolute atomic E-state index is 0.0526. The zero-order chi connectivity index (χ0) is 16.4. The summed E-state index contributed by atoms with van der Waals surface area (Å²) in [5, 5.41) is 0. The Balaban J connectivity index is 2.09. The van der Waals surface area contributed by atoms with Gasteiger partial charge in [0.1, 0.15) is 5.82 Å². The van der Waals surface area contributed by atoms with Crippen molar-refractivity contribution in [2.75, 3.05) is 0 Å². The predicted molar refractivity (Wildman–Crippen MR) is 86.6 cm³/mol. The van der Waals surface area contributed by atoms with E-state index in [0.29, 0.717) is 5.56 Å². The fourth-order valence-corrected chi connectivity index (χ4v) is 2.58. The SMILES string of the molecule is CCc1ccc(-c2ccc(-c3ccccc3F)c(F)c2F)cc1.